The van der Waals surface area contributed by atoms with Gasteiger partial charge in [-0.1, -0.05) is 0 Å². The van der Waals surface area contributed by atoms with Gasteiger partial charge in [0.1, 0.15) is 5.94 Å². The lowest BCUT2D eigenvalue weighted by Gasteiger charge is -2.20. The van der Waals surface area contributed by atoms with Crippen molar-refractivity contribution < 1.29 is 19.6 Å². The predicted molar refractivity (Wildman–Crippen MR) is 43.7 cm³/mol. The zero-order valence-electron chi connectivity index (χ0n) is 7.40. The van der Waals surface area contributed by atoms with Gasteiger partial charge in [0.15, 0.2) is 0 Å². The second kappa shape index (κ2) is 3.04. The van der Waals surface area contributed by atoms with E-state index in [9.17, 15) is 14.4 Å². The molecule has 2 rings (SSSR count). The zero-order valence-corrected chi connectivity index (χ0v) is 7.40. The fraction of sp³-hybridized carbons (Fsp3) is 0.556. The number of carbonyl (C=O) groups is 2. The van der Waals surface area contributed by atoms with E-state index in [1.165, 1.54) is 0 Å². The van der Waals surface area contributed by atoms with Gasteiger partial charge in [0, 0.05) is 5.57 Å². The number of nitrogens with zero attached hydrogens (tertiary/aromatic N) is 1. The molecule has 2 aliphatic rings. The van der Waals surface area contributed by atoms with E-state index in [1.54, 1.807) is 5.94 Å². The lowest BCUT2D eigenvalue weighted by molar-refractivity contribution is -0.173. The first-order valence-electron chi connectivity index (χ1n) is 4.44. The molecular formula is C9H9NO4. The Balaban J connectivity index is 2.28. The summed E-state index contributed by atoms with van der Waals surface area (Å²) in [7, 11) is 0. The Morgan fingerprint density at radius 1 is 1.29 bits per heavy atom. The summed E-state index contributed by atoms with van der Waals surface area (Å²) in [5.74, 6) is -0.342. The predicted octanol–water partition coefficient (Wildman–Crippen LogP) is -0.0813. The van der Waals surface area contributed by atoms with Crippen molar-refractivity contribution in [1.29, 1.82) is 0 Å². The number of fused-ring (bicyclic) bond motifs is 1. The molecule has 0 aromatic rings. The van der Waals surface area contributed by atoms with Gasteiger partial charge in [-0.25, -0.2) is 4.79 Å². The summed E-state index contributed by atoms with van der Waals surface area (Å²) in [6.45, 7) is 0. The summed E-state index contributed by atoms with van der Waals surface area (Å²) >= 11 is 0. The molecule has 2 fully saturated rings. The van der Waals surface area contributed by atoms with Gasteiger partial charge >= 0.3 is 0 Å². The van der Waals surface area contributed by atoms with Crippen LogP contribution in [-0.2, 0) is 14.4 Å². The molecular weight excluding hydrogens is 186 g/mol. The summed E-state index contributed by atoms with van der Waals surface area (Å²) in [5.41, 5.74) is 0.530. The smallest absolute Gasteiger partial charge is 0.257 e. The van der Waals surface area contributed by atoms with Crippen molar-refractivity contribution in [3.63, 3.8) is 0 Å². The highest BCUT2D eigenvalue weighted by Gasteiger charge is 2.49. The van der Waals surface area contributed by atoms with Crippen molar-refractivity contribution in [1.82, 2.24) is 5.06 Å². The lowest BCUT2D eigenvalue weighted by Crippen LogP contribution is -2.26. The van der Waals surface area contributed by atoms with Gasteiger partial charge in [0.2, 0.25) is 0 Å². The molecule has 0 aromatic heterocycles. The molecule has 14 heavy (non-hydrogen) atoms. The van der Waals surface area contributed by atoms with E-state index >= 15 is 0 Å². The van der Waals surface area contributed by atoms with Crippen LogP contribution >= 0.6 is 0 Å². The fourth-order valence-corrected chi connectivity index (χ4v) is 2.11. The molecule has 0 spiro atoms. The monoisotopic (exact) mass is 195 g/mol. The van der Waals surface area contributed by atoms with Gasteiger partial charge in [-0.15, -0.1) is 0 Å². The van der Waals surface area contributed by atoms with E-state index < -0.39 is 23.7 Å². The molecule has 1 N–H and O–H groups in total. The summed E-state index contributed by atoms with van der Waals surface area (Å²) in [6, 6.07) is 0. The summed E-state index contributed by atoms with van der Waals surface area (Å²) in [4.78, 5) is 33.0. The van der Waals surface area contributed by atoms with Crippen molar-refractivity contribution in [2.24, 2.45) is 11.8 Å². The second-order valence-corrected chi connectivity index (χ2v) is 3.65. The number of carbonyl (C=O) groups excluding carboxylic acids is 3. The molecule has 0 aromatic carbocycles. The van der Waals surface area contributed by atoms with E-state index in [1.807, 2.05) is 0 Å². The van der Waals surface area contributed by atoms with E-state index in [-0.39, 0.29) is 11.5 Å². The molecule has 1 heterocycles. The first-order valence-corrected chi connectivity index (χ1v) is 4.44. The van der Waals surface area contributed by atoms with Crippen molar-refractivity contribution in [2.75, 3.05) is 0 Å². The van der Waals surface area contributed by atoms with Crippen LogP contribution in [0, 0.1) is 11.8 Å². The Morgan fingerprint density at radius 2 is 1.93 bits per heavy atom. The van der Waals surface area contributed by atoms with E-state index in [2.05, 4.69) is 0 Å². The van der Waals surface area contributed by atoms with Gasteiger partial charge in [-0.3, -0.25) is 14.8 Å². The SMILES string of the molecule is O=C=C1CCC2C(=O)N(O)C(=O)C2C1. The van der Waals surface area contributed by atoms with Crippen LogP contribution in [0.15, 0.2) is 5.57 Å². The lowest BCUT2D eigenvalue weighted by atomic mass is 9.79. The average molecular weight is 195 g/mol. The largest absolute Gasteiger partial charge is 0.278 e. The van der Waals surface area contributed by atoms with Crippen molar-refractivity contribution >= 4 is 17.8 Å². The molecule has 2 atom stereocenters. The van der Waals surface area contributed by atoms with Crippen LogP contribution < -0.4 is 0 Å². The van der Waals surface area contributed by atoms with Crippen molar-refractivity contribution in [2.45, 2.75) is 19.3 Å². The molecule has 1 saturated heterocycles. The first-order chi connectivity index (χ1) is 6.65. The van der Waals surface area contributed by atoms with Gasteiger partial charge < -0.3 is 0 Å². The Hall–Kier alpha value is -1.45. The third kappa shape index (κ3) is 1.10. The average Bonchev–Trinajstić information content (AvgIpc) is 2.44. The van der Waals surface area contributed by atoms with Crippen LogP contribution in [0.25, 0.3) is 0 Å². The van der Waals surface area contributed by atoms with E-state index in [0.717, 1.165) is 0 Å². The molecule has 2 amide bonds. The van der Waals surface area contributed by atoms with Gasteiger partial charge in [-0.05, 0) is 19.3 Å². The van der Waals surface area contributed by atoms with Crippen LogP contribution in [0.3, 0.4) is 0 Å². The minimum Gasteiger partial charge on any atom is -0.278 e. The molecule has 5 nitrogen and oxygen atoms in total. The zero-order chi connectivity index (χ0) is 10.3. The third-order valence-corrected chi connectivity index (χ3v) is 2.91. The number of hydroxylamine groups is 2. The highest BCUT2D eigenvalue weighted by atomic mass is 16.5. The van der Waals surface area contributed by atoms with Crippen LogP contribution in [0.1, 0.15) is 19.3 Å². The van der Waals surface area contributed by atoms with Gasteiger partial charge in [-0.2, -0.15) is 5.06 Å². The Morgan fingerprint density at radius 3 is 2.57 bits per heavy atom. The molecule has 0 radical (unpaired) electrons. The first kappa shape index (κ1) is 9.12. The summed E-state index contributed by atoms with van der Waals surface area (Å²) in [6.07, 6.45) is 1.21. The normalized spacial score (nSPS) is 31.8. The maximum Gasteiger partial charge on any atom is 0.257 e. The van der Waals surface area contributed by atoms with Gasteiger partial charge in [0.05, 0.1) is 11.8 Å². The maximum absolute atomic E-state index is 11.3. The quantitative estimate of drug-likeness (QED) is 0.333. The third-order valence-electron chi connectivity index (χ3n) is 2.91. The summed E-state index contributed by atoms with van der Waals surface area (Å²) < 4.78 is 0. The highest BCUT2D eigenvalue weighted by molar-refractivity contribution is 6.04. The maximum atomic E-state index is 11.3. The number of imide groups is 1. The van der Waals surface area contributed by atoms with E-state index in [0.29, 0.717) is 18.4 Å². The van der Waals surface area contributed by atoms with Crippen molar-refractivity contribution in [3.05, 3.63) is 5.57 Å². The Labute approximate surface area is 80.0 Å². The number of allylic oxidation sites excluding steroid dienone is 1. The minimum absolute atomic E-state index is 0.184. The molecule has 2 unspecified atom stereocenters. The number of rotatable bonds is 0. The topological polar surface area (TPSA) is 74.7 Å². The number of amides is 2. The molecule has 1 aliphatic heterocycles. The standard InChI is InChI=1S/C9H9NO4/c11-4-5-1-2-6-7(3-5)9(13)10(14)8(6)12/h6-7,14H,1-3H2. The van der Waals surface area contributed by atoms with Crippen LogP contribution in [0.2, 0.25) is 0 Å². The molecule has 0 bridgehead atoms. The van der Waals surface area contributed by atoms with E-state index in [4.69, 9.17) is 5.21 Å². The molecule has 74 valence electrons. The highest BCUT2D eigenvalue weighted by Crippen LogP contribution is 2.38. The van der Waals surface area contributed by atoms with Crippen LogP contribution in [0.4, 0.5) is 0 Å². The van der Waals surface area contributed by atoms with Crippen molar-refractivity contribution in [3.8, 4) is 0 Å². The molecule has 1 saturated carbocycles. The number of hydrogen-bond donors (Lipinski definition) is 1. The fourth-order valence-electron chi connectivity index (χ4n) is 2.11. The molecule has 5 heteroatoms. The van der Waals surface area contributed by atoms with Gasteiger partial charge in [0.25, 0.3) is 11.8 Å². The Kier molecular flexibility index (Phi) is 1.98. The van der Waals surface area contributed by atoms with Crippen LogP contribution in [0.5, 0.6) is 0 Å². The minimum atomic E-state index is -0.590. The molecule has 1 aliphatic carbocycles. The summed E-state index contributed by atoms with van der Waals surface area (Å²) in [5, 5.41) is 9.27. The van der Waals surface area contributed by atoms with Crippen LogP contribution in [-0.4, -0.2) is 28.0 Å². The number of hydrogen-bond acceptors (Lipinski definition) is 4. The second-order valence-electron chi connectivity index (χ2n) is 3.65. The Bertz CT molecular complexity index is 356.